The molecule has 8 heteroatoms. The van der Waals surface area contributed by atoms with Crippen LogP contribution in [0.4, 0.5) is 4.79 Å². The molecule has 0 saturated carbocycles. The van der Waals surface area contributed by atoms with Crippen LogP contribution in [0, 0.1) is 0 Å². The number of amides is 2. The molecule has 0 radical (unpaired) electrons. The quantitative estimate of drug-likeness (QED) is 0.541. The molecule has 2 amide bonds. The van der Waals surface area contributed by atoms with E-state index in [0.717, 1.165) is 31.4 Å². The third-order valence-electron chi connectivity index (χ3n) is 3.37. The molecule has 0 aromatic heterocycles. The second-order valence-corrected chi connectivity index (χ2v) is 9.73. The Morgan fingerprint density at radius 2 is 2.21 bits per heavy atom. The van der Waals surface area contributed by atoms with E-state index in [4.69, 9.17) is 4.18 Å². The third-order valence-corrected chi connectivity index (χ3v) is 5.76. The van der Waals surface area contributed by atoms with Gasteiger partial charge in [-0.15, -0.1) is 0 Å². The van der Waals surface area contributed by atoms with Crippen LogP contribution in [0.25, 0.3) is 0 Å². The molecule has 2 N–H and O–H groups in total. The average molecular weight is 324 g/mol. The molecule has 4 atom stereocenters. The molecule has 2 saturated heterocycles. The summed E-state index contributed by atoms with van der Waals surface area (Å²) in [4.78, 5) is 11.2. The summed E-state index contributed by atoms with van der Waals surface area (Å²) in [6, 6.07) is 0.559. The highest BCUT2D eigenvalue weighted by Gasteiger charge is 2.42. The van der Waals surface area contributed by atoms with Gasteiger partial charge in [0.2, 0.25) is 0 Å². The van der Waals surface area contributed by atoms with Gasteiger partial charge >= 0.3 is 6.03 Å². The van der Waals surface area contributed by atoms with Crippen molar-refractivity contribution in [1.29, 1.82) is 0 Å². The zero-order valence-electron chi connectivity index (χ0n) is 10.9. The SMILES string of the molecule is CS(=O)(=S)OCCCCC[C@H]1SC[C@H]2NC(=O)N[C@H]21. The first-order valence-electron chi connectivity index (χ1n) is 6.49. The van der Waals surface area contributed by atoms with Gasteiger partial charge in [-0.1, -0.05) is 12.8 Å². The molecule has 2 aliphatic rings. The van der Waals surface area contributed by atoms with Crippen LogP contribution in [0.2, 0.25) is 0 Å². The van der Waals surface area contributed by atoms with E-state index in [1.165, 1.54) is 6.26 Å². The van der Waals surface area contributed by atoms with E-state index in [2.05, 4.69) is 21.8 Å². The summed E-state index contributed by atoms with van der Waals surface area (Å²) in [6.45, 7) is 0.473. The van der Waals surface area contributed by atoms with Crippen LogP contribution in [0.5, 0.6) is 0 Å². The smallest absolute Gasteiger partial charge is 0.315 e. The lowest BCUT2D eigenvalue weighted by molar-refractivity contribution is 0.247. The maximum atomic E-state index is 11.2. The summed E-state index contributed by atoms with van der Waals surface area (Å²) >= 11 is 6.60. The van der Waals surface area contributed by atoms with Gasteiger partial charge in [-0.2, -0.15) is 11.8 Å². The average Bonchev–Trinajstić information content (AvgIpc) is 2.82. The van der Waals surface area contributed by atoms with E-state index in [9.17, 15) is 9.00 Å². The highest BCUT2D eigenvalue weighted by molar-refractivity contribution is 8.29. The predicted molar refractivity (Wildman–Crippen MR) is 81.3 cm³/mol. The van der Waals surface area contributed by atoms with Crippen molar-refractivity contribution in [3.05, 3.63) is 0 Å². The molecule has 0 bridgehead atoms. The Morgan fingerprint density at radius 3 is 2.95 bits per heavy atom. The van der Waals surface area contributed by atoms with Crippen molar-refractivity contribution in [1.82, 2.24) is 10.6 Å². The first-order chi connectivity index (χ1) is 8.96. The minimum atomic E-state index is -2.47. The highest BCUT2D eigenvalue weighted by atomic mass is 32.8. The maximum absolute atomic E-state index is 11.2. The van der Waals surface area contributed by atoms with Gasteiger partial charge in [0.15, 0.2) is 0 Å². The number of carbonyl (C=O) groups is 1. The highest BCUT2D eigenvalue weighted by Crippen LogP contribution is 2.33. The fourth-order valence-corrected chi connectivity index (χ4v) is 4.65. The Labute approximate surface area is 123 Å². The molecule has 0 aromatic carbocycles. The fraction of sp³-hybridized carbons (Fsp3) is 0.909. The predicted octanol–water partition coefficient (Wildman–Crippen LogP) is 1.02. The summed E-state index contributed by atoms with van der Waals surface area (Å²) < 4.78 is 16.2. The van der Waals surface area contributed by atoms with Crippen LogP contribution in [-0.4, -0.2) is 46.2 Å². The lowest BCUT2D eigenvalue weighted by atomic mass is 10.0. The number of nitrogens with one attached hydrogen (secondary N) is 2. The zero-order valence-corrected chi connectivity index (χ0v) is 13.4. The fourth-order valence-electron chi connectivity index (χ4n) is 2.48. The van der Waals surface area contributed by atoms with Crippen molar-refractivity contribution in [2.75, 3.05) is 18.6 Å². The van der Waals surface area contributed by atoms with E-state index in [-0.39, 0.29) is 12.1 Å². The van der Waals surface area contributed by atoms with E-state index < -0.39 is 8.77 Å². The lowest BCUT2D eigenvalue weighted by Crippen LogP contribution is -2.36. The molecular formula is C11H20N2O3S3. The molecule has 2 aliphatic heterocycles. The van der Waals surface area contributed by atoms with Crippen LogP contribution in [0.3, 0.4) is 0 Å². The second-order valence-electron chi connectivity index (χ2n) is 5.00. The number of hydrogen-bond acceptors (Lipinski definition) is 5. The van der Waals surface area contributed by atoms with Crippen LogP contribution < -0.4 is 10.6 Å². The summed E-state index contributed by atoms with van der Waals surface area (Å²) in [6.07, 6.45) is 5.57. The van der Waals surface area contributed by atoms with E-state index in [1.54, 1.807) is 0 Å². The van der Waals surface area contributed by atoms with Crippen LogP contribution in [-0.2, 0) is 24.1 Å². The summed E-state index contributed by atoms with van der Waals surface area (Å²) in [5.74, 6) is 1.00. The van der Waals surface area contributed by atoms with E-state index in [0.29, 0.717) is 17.9 Å². The Morgan fingerprint density at radius 1 is 1.42 bits per heavy atom. The molecule has 0 aliphatic carbocycles. The van der Waals surface area contributed by atoms with Crippen molar-refractivity contribution in [2.45, 2.75) is 43.0 Å². The summed E-state index contributed by atoms with van der Waals surface area (Å²) in [5, 5.41) is 6.44. The topological polar surface area (TPSA) is 67.4 Å². The van der Waals surface area contributed by atoms with E-state index >= 15 is 0 Å². The number of unbranched alkanes of at least 4 members (excludes halogenated alkanes) is 2. The first kappa shape index (κ1) is 15.3. The number of carbonyl (C=O) groups excluding carboxylic acids is 1. The molecule has 0 aromatic rings. The Hall–Kier alpha value is -0.0500. The normalized spacial score (nSPS) is 32.5. The van der Waals surface area contributed by atoms with Crippen molar-refractivity contribution < 1.29 is 13.2 Å². The largest absolute Gasteiger partial charge is 0.332 e. The summed E-state index contributed by atoms with van der Waals surface area (Å²) in [7, 11) is -2.47. The monoisotopic (exact) mass is 324 g/mol. The number of thioether (sulfide) groups is 1. The van der Waals surface area contributed by atoms with Crippen molar-refractivity contribution in [2.24, 2.45) is 0 Å². The van der Waals surface area contributed by atoms with Crippen molar-refractivity contribution >= 4 is 37.8 Å². The standard InChI is InChI=1S/C11H20N2O3S3/c1-19(15,17)16-6-4-2-3-5-9-10-8(7-18-9)12-11(14)13-10/h8-10H,2-7H2,1H3,(H2,12,13,14)/t8-,9-,10-,19?/m1/s1. The zero-order chi connectivity index (χ0) is 13.9. The minimum Gasteiger partial charge on any atom is -0.332 e. The van der Waals surface area contributed by atoms with Crippen LogP contribution in [0.1, 0.15) is 25.7 Å². The number of hydrogen-bond donors (Lipinski definition) is 2. The Balaban J connectivity index is 1.58. The van der Waals surface area contributed by atoms with Crippen molar-refractivity contribution in [3.63, 3.8) is 0 Å². The van der Waals surface area contributed by atoms with Crippen LogP contribution in [0.15, 0.2) is 0 Å². The molecule has 19 heavy (non-hydrogen) atoms. The molecule has 5 nitrogen and oxygen atoms in total. The first-order valence-corrected chi connectivity index (χ1v) is 10.4. The number of fused-ring (bicyclic) bond motifs is 1. The molecule has 2 heterocycles. The molecular weight excluding hydrogens is 304 g/mol. The lowest BCUT2D eigenvalue weighted by Gasteiger charge is -2.16. The molecule has 2 fully saturated rings. The Kier molecular flexibility index (Phi) is 5.33. The van der Waals surface area contributed by atoms with Gasteiger partial charge < -0.3 is 10.6 Å². The number of rotatable bonds is 7. The van der Waals surface area contributed by atoms with Gasteiger partial charge in [0, 0.05) is 28.4 Å². The van der Waals surface area contributed by atoms with Gasteiger partial charge in [0.1, 0.15) is 8.77 Å². The van der Waals surface area contributed by atoms with Gasteiger partial charge in [0.05, 0.1) is 18.7 Å². The Bertz CT molecular complexity index is 427. The van der Waals surface area contributed by atoms with E-state index in [1.807, 2.05) is 11.8 Å². The third kappa shape index (κ3) is 4.77. The van der Waals surface area contributed by atoms with Gasteiger partial charge in [0.25, 0.3) is 0 Å². The maximum Gasteiger partial charge on any atom is 0.315 e. The van der Waals surface area contributed by atoms with Crippen molar-refractivity contribution in [3.8, 4) is 0 Å². The van der Waals surface area contributed by atoms with Gasteiger partial charge in [-0.25, -0.2) is 9.00 Å². The minimum absolute atomic E-state index is 0.0307. The molecule has 2 rings (SSSR count). The number of urea groups is 1. The molecule has 1 unspecified atom stereocenters. The second kappa shape index (κ2) is 6.60. The van der Waals surface area contributed by atoms with Crippen LogP contribution >= 0.6 is 11.8 Å². The molecule has 0 spiro atoms. The molecule has 110 valence electrons. The summed E-state index contributed by atoms with van der Waals surface area (Å²) in [5.41, 5.74) is 0. The van der Waals surface area contributed by atoms with Gasteiger partial charge in [-0.05, 0) is 12.8 Å². The van der Waals surface area contributed by atoms with Gasteiger partial charge in [-0.3, -0.25) is 4.18 Å².